The Hall–Kier alpha value is -2.90. The molecule has 0 aromatic heterocycles. The highest BCUT2D eigenvalue weighted by Crippen LogP contribution is 2.55. The van der Waals surface area contributed by atoms with Crippen molar-refractivity contribution in [2.24, 2.45) is 5.41 Å². The van der Waals surface area contributed by atoms with Crippen molar-refractivity contribution in [1.82, 2.24) is 9.96 Å². The van der Waals surface area contributed by atoms with Gasteiger partial charge in [-0.1, -0.05) is 17.2 Å². The van der Waals surface area contributed by atoms with Crippen molar-refractivity contribution in [3.05, 3.63) is 35.4 Å². The average Bonchev–Trinajstić information content (AvgIpc) is 3.36. The normalized spacial score (nSPS) is 22.5. The first-order valence-electron chi connectivity index (χ1n) is 9.80. The number of piperidine rings is 1. The van der Waals surface area contributed by atoms with Crippen LogP contribution in [0.4, 0.5) is 4.79 Å². The number of likely N-dealkylation sites (tertiary alicyclic amines) is 1. The summed E-state index contributed by atoms with van der Waals surface area (Å²) in [5.74, 6) is -2.16. The fourth-order valence-corrected chi connectivity index (χ4v) is 3.92. The number of rotatable bonds is 2. The molecule has 0 radical (unpaired) electrons. The Bertz CT molecular complexity index is 864. The smallest absolute Gasteiger partial charge is 0.411 e. The van der Waals surface area contributed by atoms with Gasteiger partial charge in [0.05, 0.1) is 11.1 Å². The van der Waals surface area contributed by atoms with E-state index in [4.69, 9.17) is 9.57 Å². The molecule has 0 N–H and O–H groups in total. The Morgan fingerprint density at radius 3 is 2.14 bits per heavy atom. The standard InChI is InChI=1S/C21H24N2O6/c1-20(2,3)28-19(27)22-11-10-21(8-9-21)12-15(22)18(26)29-23-16(24)13-6-4-5-7-14(13)17(23)25/h4-7,15H,8-12H2,1-3H3. The first-order chi connectivity index (χ1) is 13.6. The summed E-state index contributed by atoms with van der Waals surface area (Å²) in [6.07, 6.45) is 2.62. The number of carbonyl (C=O) groups excluding carboxylic acids is 4. The van der Waals surface area contributed by atoms with E-state index in [9.17, 15) is 19.2 Å². The van der Waals surface area contributed by atoms with Crippen molar-refractivity contribution in [2.45, 2.75) is 58.1 Å². The first-order valence-corrected chi connectivity index (χ1v) is 9.80. The van der Waals surface area contributed by atoms with Crippen LogP contribution < -0.4 is 0 Å². The van der Waals surface area contributed by atoms with Crippen LogP contribution in [0.25, 0.3) is 0 Å². The molecule has 1 saturated carbocycles. The quantitative estimate of drug-likeness (QED) is 0.709. The summed E-state index contributed by atoms with van der Waals surface area (Å²) in [4.78, 5) is 57.2. The maximum absolute atomic E-state index is 13.0. The molecule has 2 heterocycles. The summed E-state index contributed by atoms with van der Waals surface area (Å²) in [7, 11) is 0. The van der Waals surface area contributed by atoms with Crippen molar-refractivity contribution >= 4 is 23.9 Å². The lowest BCUT2D eigenvalue weighted by Gasteiger charge is -2.38. The molecule has 1 spiro atoms. The third kappa shape index (κ3) is 3.59. The number of nitrogens with zero attached hydrogens (tertiary/aromatic N) is 2. The summed E-state index contributed by atoms with van der Waals surface area (Å²) < 4.78 is 5.44. The number of amides is 3. The molecule has 8 heteroatoms. The minimum absolute atomic E-state index is 0.0319. The van der Waals surface area contributed by atoms with Gasteiger partial charge in [0.15, 0.2) is 0 Å². The van der Waals surface area contributed by atoms with Crippen LogP contribution in [-0.2, 0) is 14.4 Å². The molecule has 3 amide bonds. The van der Waals surface area contributed by atoms with Crippen LogP contribution in [-0.4, -0.2) is 52.0 Å². The lowest BCUT2D eigenvalue weighted by molar-refractivity contribution is -0.177. The van der Waals surface area contributed by atoms with Gasteiger partial charge < -0.3 is 9.57 Å². The van der Waals surface area contributed by atoms with E-state index in [-0.39, 0.29) is 16.5 Å². The fourth-order valence-electron chi connectivity index (χ4n) is 3.92. The van der Waals surface area contributed by atoms with Crippen LogP contribution in [0, 0.1) is 5.41 Å². The van der Waals surface area contributed by atoms with Crippen LogP contribution in [0.1, 0.15) is 67.2 Å². The van der Waals surface area contributed by atoms with Gasteiger partial charge in [0.1, 0.15) is 11.6 Å². The summed E-state index contributed by atoms with van der Waals surface area (Å²) in [6, 6.07) is 5.40. The Labute approximate surface area is 168 Å². The van der Waals surface area contributed by atoms with Gasteiger partial charge in [0.25, 0.3) is 11.8 Å². The minimum atomic E-state index is -0.898. The highest BCUT2D eigenvalue weighted by molar-refractivity contribution is 6.20. The number of hydrogen-bond acceptors (Lipinski definition) is 6. The van der Waals surface area contributed by atoms with Crippen LogP contribution in [0.5, 0.6) is 0 Å². The third-order valence-corrected chi connectivity index (χ3v) is 5.68. The SMILES string of the molecule is CC(C)(C)OC(=O)N1CCC2(CC2)CC1C(=O)ON1C(=O)c2ccccc2C1=O. The van der Waals surface area contributed by atoms with E-state index in [0.717, 1.165) is 19.3 Å². The van der Waals surface area contributed by atoms with Gasteiger partial charge in [-0.25, -0.2) is 9.59 Å². The predicted octanol–water partition coefficient (Wildman–Crippen LogP) is 2.92. The van der Waals surface area contributed by atoms with E-state index >= 15 is 0 Å². The molecule has 1 aromatic rings. The lowest BCUT2D eigenvalue weighted by atomic mass is 9.88. The van der Waals surface area contributed by atoms with Crippen molar-refractivity contribution in [3.63, 3.8) is 0 Å². The summed E-state index contributed by atoms with van der Waals surface area (Å²) in [6.45, 7) is 5.63. The van der Waals surface area contributed by atoms with E-state index in [0.29, 0.717) is 18.0 Å². The van der Waals surface area contributed by atoms with E-state index in [1.54, 1.807) is 32.9 Å². The Morgan fingerprint density at radius 2 is 1.62 bits per heavy atom. The van der Waals surface area contributed by atoms with Gasteiger partial charge in [0, 0.05) is 6.54 Å². The topological polar surface area (TPSA) is 93.2 Å². The van der Waals surface area contributed by atoms with Gasteiger partial charge in [-0.2, -0.15) is 0 Å². The van der Waals surface area contributed by atoms with Crippen LogP contribution in [0.15, 0.2) is 24.3 Å². The largest absolute Gasteiger partial charge is 0.444 e. The van der Waals surface area contributed by atoms with Gasteiger partial charge >= 0.3 is 12.1 Å². The zero-order valence-corrected chi connectivity index (χ0v) is 16.8. The molecular formula is C21H24N2O6. The molecule has 1 atom stereocenters. The molecule has 4 rings (SSSR count). The first kappa shape index (κ1) is 19.4. The number of carbonyl (C=O) groups is 4. The van der Waals surface area contributed by atoms with Crippen LogP contribution in [0.2, 0.25) is 0 Å². The van der Waals surface area contributed by atoms with E-state index in [2.05, 4.69) is 0 Å². The summed E-state index contributed by atoms with van der Waals surface area (Å²) in [5.41, 5.74) is -0.291. The maximum Gasteiger partial charge on any atom is 0.411 e. The number of hydrogen-bond donors (Lipinski definition) is 0. The highest BCUT2D eigenvalue weighted by atomic mass is 16.7. The van der Waals surface area contributed by atoms with E-state index in [1.165, 1.54) is 17.0 Å². The Morgan fingerprint density at radius 1 is 1.03 bits per heavy atom. The Balaban J connectivity index is 1.53. The predicted molar refractivity (Wildman–Crippen MR) is 101 cm³/mol. The summed E-state index contributed by atoms with van der Waals surface area (Å²) in [5, 5.41) is 0.494. The van der Waals surface area contributed by atoms with Crippen LogP contribution >= 0.6 is 0 Å². The second kappa shape index (κ2) is 6.57. The van der Waals surface area contributed by atoms with Crippen molar-refractivity contribution in [1.29, 1.82) is 0 Å². The molecule has 2 fully saturated rings. The highest BCUT2D eigenvalue weighted by Gasteiger charge is 2.53. The number of fused-ring (bicyclic) bond motifs is 1. The number of ether oxygens (including phenoxy) is 1. The van der Waals surface area contributed by atoms with Crippen molar-refractivity contribution in [3.8, 4) is 0 Å². The molecule has 0 bridgehead atoms. The van der Waals surface area contributed by atoms with Crippen molar-refractivity contribution in [2.75, 3.05) is 6.54 Å². The third-order valence-electron chi connectivity index (χ3n) is 5.68. The minimum Gasteiger partial charge on any atom is -0.444 e. The van der Waals surface area contributed by atoms with Gasteiger partial charge in [-0.3, -0.25) is 14.5 Å². The number of imide groups is 1. The van der Waals surface area contributed by atoms with Gasteiger partial charge in [-0.15, -0.1) is 0 Å². The fraction of sp³-hybridized carbons (Fsp3) is 0.524. The molecule has 2 aliphatic heterocycles. The monoisotopic (exact) mass is 400 g/mol. The zero-order valence-electron chi connectivity index (χ0n) is 16.8. The number of benzene rings is 1. The molecule has 154 valence electrons. The second-order valence-electron chi connectivity index (χ2n) is 9.00. The second-order valence-corrected chi connectivity index (χ2v) is 9.00. The van der Waals surface area contributed by atoms with Crippen molar-refractivity contribution < 1.29 is 28.8 Å². The van der Waals surface area contributed by atoms with Gasteiger partial charge in [0.2, 0.25) is 0 Å². The average molecular weight is 400 g/mol. The Kier molecular flexibility index (Phi) is 4.40. The van der Waals surface area contributed by atoms with E-state index in [1.807, 2.05) is 0 Å². The van der Waals surface area contributed by atoms with Gasteiger partial charge in [-0.05, 0) is 64.0 Å². The van der Waals surface area contributed by atoms with Crippen LogP contribution in [0.3, 0.4) is 0 Å². The molecule has 1 aromatic carbocycles. The molecule has 3 aliphatic rings. The molecule has 29 heavy (non-hydrogen) atoms. The maximum atomic E-state index is 13.0. The number of hydroxylamine groups is 2. The molecular weight excluding hydrogens is 376 g/mol. The molecule has 1 aliphatic carbocycles. The van der Waals surface area contributed by atoms with E-state index < -0.39 is 35.5 Å². The summed E-state index contributed by atoms with van der Waals surface area (Å²) >= 11 is 0. The molecule has 8 nitrogen and oxygen atoms in total. The molecule has 1 unspecified atom stereocenters. The zero-order chi connectivity index (χ0) is 21.0. The molecule has 1 saturated heterocycles. The lowest BCUT2D eigenvalue weighted by Crippen LogP contribution is -2.53.